The van der Waals surface area contributed by atoms with Crippen LogP contribution in [0.2, 0.25) is 0 Å². The van der Waals surface area contributed by atoms with Crippen molar-refractivity contribution in [1.29, 1.82) is 0 Å². The number of H-pyrrole nitrogens is 1. The molecule has 0 fully saturated rings. The summed E-state index contributed by atoms with van der Waals surface area (Å²) in [6, 6.07) is 3.60. The molecule has 68 valence electrons. The standard InChI is InChI=1S/C9H6N4O/c14-9-6-5-11-8-2-4-12-13(8)7(6)1-3-10-9/h1-5H,(H,10,14). The fourth-order valence-corrected chi connectivity index (χ4v) is 1.50. The number of aromatic amines is 1. The van der Waals surface area contributed by atoms with E-state index >= 15 is 0 Å². The first-order valence-electron chi connectivity index (χ1n) is 4.16. The van der Waals surface area contributed by atoms with Crippen molar-refractivity contribution in [3.05, 3.63) is 41.1 Å². The van der Waals surface area contributed by atoms with Crippen molar-refractivity contribution in [2.75, 3.05) is 0 Å². The van der Waals surface area contributed by atoms with Crippen LogP contribution < -0.4 is 5.56 Å². The third-order valence-electron chi connectivity index (χ3n) is 2.15. The van der Waals surface area contributed by atoms with Crippen LogP contribution in [0.5, 0.6) is 0 Å². The summed E-state index contributed by atoms with van der Waals surface area (Å²) in [5.74, 6) is 0. The number of pyridine rings is 1. The van der Waals surface area contributed by atoms with Crippen LogP contribution in [0.15, 0.2) is 35.5 Å². The van der Waals surface area contributed by atoms with Crippen molar-refractivity contribution in [3.8, 4) is 0 Å². The SMILES string of the molecule is O=c1[nH]ccc2c1cnc1ccnn12. The molecule has 3 aromatic rings. The van der Waals surface area contributed by atoms with E-state index in [1.54, 1.807) is 35.2 Å². The molecule has 0 amide bonds. The molecule has 0 bridgehead atoms. The van der Waals surface area contributed by atoms with Gasteiger partial charge in [-0.15, -0.1) is 0 Å². The second kappa shape index (κ2) is 2.41. The summed E-state index contributed by atoms with van der Waals surface area (Å²) in [6.07, 6.45) is 4.82. The molecule has 0 unspecified atom stereocenters. The molecule has 0 aliphatic carbocycles. The zero-order valence-electron chi connectivity index (χ0n) is 7.14. The second-order valence-electron chi connectivity index (χ2n) is 2.97. The normalized spacial score (nSPS) is 11.1. The van der Waals surface area contributed by atoms with E-state index in [2.05, 4.69) is 15.1 Å². The molecule has 0 aliphatic rings. The third kappa shape index (κ3) is 0.806. The van der Waals surface area contributed by atoms with Crippen molar-refractivity contribution in [2.45, 2.75) is 0 Å². The molecule has 0 aromatic carbocycles. The van der Waals surface area contributed by atoms with E-state index in [1.165, 1.54) is 0 Å². The molecule has 5 nitrogen and oxygen atoms in total. The van der Waals surface area contributed by atoms with E-state index in [0.29, 0.717) is 5.39 Å². The van der Waals surface area contributed by atoms with Gasteiger partial charge in [0.2, 0.25) is 0 Å². The van der Waals surface area contributed by atoms with E-state index in [-0.39, 0.29) is 5.56 Å². The minimum Gasteiger partial charge on any atom is -0.328 e. The lowest BCUT2D eigenvalue weighted by molar-refractivity contribution is 0.979. The molecule has 0 spiro atoms. The van der Waals surface area contributed by atoms with Gasteiger partial charge in [0.25, 0.3) is 5.56 Å². The number of hydrogen-bond acceptors (Lipinski definition) is 3. The molecule has 0 radical (unpaired) electrons. The largest absolute Gasteiger partial charge is 0.328 e. The molecule has 3 aromatic heterocycles. The van der Waals surface area contributed by atoms with Gasteiger partial charge >= 0.3 is 0 Å². The van der Waals surface area contributed by atoms with Crippen LogP contribution in [0.25, 0.3) is 16.6 Å². The van der Waals surface area contributed by atoms with Gasteiger partial charge in [0, 0.05) is 18.5 Å². The first kappa shape index (κ1) is 7.25. The number of nitrogens with one attached hydrogen (secondary N) is 1. The molecule has 5 heteroatoms. The Kier molecular flexibility index (Phi) is 1.25. The maximum Gasteiger partial charge on any atom is 0.258 e. The van der Waals surface area contributed by atoms with Crippen LogP contribution in [0.1, 0.15) is 0 Å². The number of hydrogen-bond donors (Lipinski definition) is 1. The molecule has 3 heterocycles. The maximum absolute atomic E-state index is 11.4. The Bertz CT molecular complexity index is 667. The monoisotopic (exact) mass is 186 g/mol. The van der Waals surface area contributed by atoms with Crippen molar-refractivity contribution < 1.29 is 0 Å². The average Bonchev–Trinajstić information content (AvgIpc) is 2.66. The summed E-state index contributed by atoms with van der Waals surface area (Å²) >= 11 is 0. The van der Waals surface area contributed by atoms with Crippen LogP contribution in [0.3, 0.4) is 0 Å². The maximum atomic E-state index is 11.4. The van der Waals surface area contributed by atoms with E-state index in [4.69, 9.17) is 0 Å². The first-order chi connectivity index (χ1) is 6.86. The molecule has 0 aliphatic heterocycles. The van der Waals surface area contributed by atoms with Gasteiger partial charge < -0.3 is 4.98 Å². The Morgan fingerprint density at radius 2 is 2.29 bits per heavy atom. The Morgan fingerprint density at radius 3 is 3.21 bits per heavy atom. The van der Waals surface area contributed by atoms with E-state index < -0.39 is 0 Å². The summed E-state index contributed by atoms with van der Waals surface area (Å²) in [6.45, 7) is 0. The summed E-state index contributed by atoms with van der Waals surface area (Å²) in [5.41, 5.74) is 1.36. The molecule has 1 N–H and O–H groups in total. The summed E-state index contributed by atoms with van der Waals surface area (Å²) in [5, 5.41) is 4.63. The zero-order chi connectivity index (χ0) is 9.54. The molecule has 0 atom stereocenters. The molecule has 0 saturated carbocycles. The fourth-order valence-electron chi connectivity index (χ4n) is 1.50. The number of aromatic nitrogens is 4. The van der Waals surface area contributed by atoms with Crippen LogP contribution in [-0.4, -0.2) is 19.6 Å². The number of fused-ring (bicyclic) bond motifs is 3. The average molecular weight is 186 g/mol. The first-order valence-corrected chi connectivity index (χ1v) is 4.16. The van der Waals surface area contributed by atoms with Crippen LogP contribution >= 0.6 is 0 Å². The van der Waals surface area contributed by atoms with E-state index in [9.17, 15) is 4.79 Å². The molecular weight excluding hydrogens is 180 g/mol. The number of nitrogens with zero attached hydrogens (tertiary/aromatic N) is 3. The summed E-state index contributed by atoms with van der Waals surface area (Å²) in [4.78, 5) is 18.1. The van der Waals surface area contributed by atoms with Gasteiger partial charge in [-0.3, -0.25) is 4.79 Å². The van der Waals surface area contributed by atoms with Gasteiger partial charge in [0.05, 0.1) is 17.1 Å². The highest BCUT2D eigenvalue weighted by molar-refractivity contribution is 5.78. The lowest BCUT2D eigenvalue weighted by Crippen LogP contribution is -2.07. The minimum absolute atomic E-state index is 0.146. The number of rotatable bonds is 0. The Hall–Kier alpha value is -2.17. The molecule has 0 saturated heterocycles. The van der Waals surface area contributed by atoms with E-state index in [1.807, 2.05) is 0 Å². The quantitative estimate of drug-likeness (QED) is 0.558. The predicted molar refractivity (Wildman–Crippen MR) is 51.1 cm³/mol. The summed E-state index contributed by atoms with van der Waals surface area (Å²) in [7, 11) is 0. The third-order valence-corrected chi connectivity index (χ3v) is 2.15. The van der Waals surface area contributed by atoms with Crippen LogP contribution in [0.4, 0.5) is 0 Å². The van der Waals surface area contributed by atoms with Gasteiger partial charge in [-0.25, -0.2) is 9.50 Å². The van der Waals surface area contributed by atoms with Gasteiger partial charge in [-0.1, -0.05) is 0 Å². The van der Waals surface area contributed by atoms with Gasteiger partial charge in [-0.05, 0) is 6.07 Å². The van der Waals surface area contributed by atoms with Crippen molar-refractivity contribution in [1.82, 2.24) is 19.6 Å². The molecular formula is C9H6N4O. The van der Waals surface area contributed by atoms with E-state index in [0.717, 1.165) is 11.2 Å². The highest BCUT2D eigenvalue weighted by atomic mass is 16.1. The summed E-state index contributed by atoms with van der Waals surface area (Å²) < 4.78 is 1.64. The lowest BCUT2D eigenvalue weighted by Gasteiger charge is -1.98. The van der Waals surface area contributed by atoms with Crippen LogP contribution in [-0.2, 0) is 0 Å². The second-order valence-corrected chi connectivity index (χ2v) is 2.97. The topological polar surface area (TPSA) is 63.0 Å². The van der Waals surface area contributed by atoms with Crippen molar-refractivity contribution in [2.24, 2.45) is 0 Å². The highest BCUT2D eigenvalue weighted by Crippen LogP contribution is 2.08. The zero-order valence-corrected chi connectivity index (χ0v) is 7.14. The Morgan fingerprint density at radius 1 is 1.36 bits per heavy atom. The predicted octanol–water partition coefficient (Wildman–Crippen LogP) is 0.571. The smallest absolute Gasteiger partial charge is 0.258 e. The molecule has 14 heavy (non-hydrogen) atoms. The van der Waals surface area contributed by atoms with Gasteiger partial charge in [0.1, 0.15) is 0 Å². The van der Waals surface area contributed by atoms with Gasteiger partial charge in [0.15, 0.2) is 5.65 Å². The minimum atomic E-state index is -0.146. The highest BCUT2D eigenvalue weighted by Gasteiger charge is 2.03. The van der Waals surface area contributed by atoms with Gasteiger partial charge in [-0.2, -0.15) is 5.10 Å². The van der Waals surface area contributed by atoms with Crippen molar-refractivity contribution >= 4 is 16.6 Å². The Labute approximate surface area is 78.0 Å². The molecule has 3 rings (SSSR count). The fraction of sp³-hybridized carbons (Fsp3) is 0. The van der Waals surface area contributed by atoms with Crippen molar-refractivity contribution in [3.63, 3.8) is 0 Å². The Balaban J connectivity index is 2.71. The van der Waals surface area contributed by atoms with Crippen LogP contribution in [0, 0.1) is 0 Å². The lowest BCUT2D eigenvalue weighted by atomic mass is 10.3.